The standard InChI is InChI=1S/C16H17ClFN3O2S/c1-10(16-19-7-8-24-16)21(2)15(23)6-5-14(22)20-11-3-4-13(18)12(17)9-11/h3-4,7-10H,5-6H2,1-2H3,(H,20,22)/t10-/m0/s1. The summed E-state index contributed by atoms with van der Waals surface area (Å²) in [6, 6.07) is 3.77. The summed E-state index contributed by atoms with van der Waals surface area (Å²) >= 11 is 7.14. The van der Waals surface area contributed by atoms with Gasteiger partial charge in [-0.05, 0) is 25.1 Å². The molecule has 0 saturated carbocycles. The van der Waals surface area contributed by atoms with Gasteiger partial charge in [0.1, 0.15) is 10.8 Å². The van der Waals surface area contributed by atoms with E-state index in [9.17, 15) is 14.0 Å². The van der Waals surface area contributed by atoms with Gasteiger partial charge in [-0.2, -0.15) is 0 Å². The van der Waals surface area contributed by atoms with E-state index >= 15 is 0 Å². The number of aromatic nitrogens is 1. The van der Waals surface area contributed by atoms with Gasteiger partial charge in [0.25, 0.3) is 0 Å². The van der Waals surface area contributed by atoms with Crippen molar-refractivity contribution in [3.05, 3.63) is 45.6 Å². The highest BCUT2D eigenvalue weighted by Gasteiger charge is 2.19. The van der Waals surface area contributed by atoms with Gasteiger partial charge in [-0.15, -0.1) is 11.3 Å². The van der Waals surface area contributed by atoms with Crippen LogP contribution in [0.25, 0.3) is 0 Å². The lowest BCUT2D eigenvalue weighted by molar-refractivity contribution is -0.133. The summed E-state index contributed by atoms with van der Waals surface area (Å²) in [5, 5.41) is 5.22. The number of rotatable bonds is 6. The minimum absolute atomic E-state index is 0.0305. The molecule has 0 fully saturated rings. The molecule has 24 heavy (non-hydrogen) atoms. The molecule has 0 bridgehead atoms. The molecule has 2 amide bonds. The lowest BCUT2D eigenvalue weighted by Crippen LogP contribution is -2.30. The van der Waals surface area contributed by atoms with Crippen LogP contribution in [0.4, 0.5) is 10.1 Å². The molecule has 1 aromatic carbocycles. The van der Waals surface area contributed by atoms with E-state index in [2.05, 4.69) is 10.3 Å². The molecule has 0 unspecified atom stereocenters. The van der Waals surface area contributed by atoms with Crippen molar-refractivity contribution in [1.29, 1.82) is 0 Å². The lowest BCUT2D eigenvalue weighted by atomic mass is 10.2. The SMILES string of the molecule is C[C@@H](c1nccs1)N(C)C(=O)CCC(=O)Nc1ccc(F)c(Cl)c1. The van der Waals surface area contributed by atoms with Crippen LogP contribution in [-0.4, -0.2) is 28.7 Å². The van der Waals surface area contributed by atoms with Crippen LogP contribution in [0.2, 0.25) is 5.02 Å². The zero-order chi connectivity index (χ0) is 17.7. The number of benzene rings is 1. The van der Waals surface area contributed by atoms with Crippen LogP contribution in [0.5, 0.6) is 0 Å². The molecule has 0 saturated heterocycles. The van der Waals surface area contributed by atoms with E-state index in [0.717, 1.165) is 5.01 Å². The van der Waals surface area contributed by atoms with Crippen LogP contribution in [-0.2, 0) is 9.59 Å². The van der Waals surface area contributed by atoms with E-state index in [1.165, 1.54) is 29.5 Å². The average molecular weight is 370 g/mol. The van der Waals surface area contributed by atoms with Gasteiger partial charge in [-0.3, -0.25) is 9.59 Å². The summed E-state index contributed by atoms with van der Waals surface area (Å²) in [6.07, 6.45) is 1.80. The molecule has 1 aromatic heterocycles. The Kier molecular flexibility index (Phi) is 6.28. The van der Waals surface area contributed by atoms with Gasteiger partial charge in [-0.1, -0.05) is 11.6 Å². The number of nitrogens with zero attached hydrogens (tertiary/aromatic N) is 2. The molecule has 0 aliphatic rings. The van der Waals surface area contributed by atoms with Crippen molar-refractivity contribution in [1.82, 2.24) is 9.88 Å². The fourth-order valence-electron chi connectivity index (χ4n) is 2.02. The number of amides is 2. The first-order valence-electron chi connectivity index (χ1n) is 7.28. The molecule has 8 heteroatoms. The van der Waals surface area contributed by atoms with Crippen LogP contribution in [0.3, 0.4) is 0 Å². The Morgan fingerprint density at radius 2 is 2.17 bits per heavy atom. The summed E-state index contributed by atoms with van der Waals surface area (Å²) in [5.74, 6) is -1.03. The second-order valence-electron chi connectivity index (χ2n) is 5.23. The van der Waals surface area contributed by atoms with Crippen molar-refractivity contribution >= 4 is 40.4 Å². The topological polar surface area (TPSA) is 62.3 Å². The van der Waals surface area contributed by atoms with E-state index < -0.39 is 5.82 Å². The van der Waals surface area contributed by atoms with Gasteiger partial charge in [0.15, 0.2) is 0 Å². The second-order valence-corrected chi connectivity index (χ2v) is 6.56. The highest BCUT2D eigenvalue weighted by Crippen LogP contribution is 2.22. The number of carbonyl (C=O) groups is 2. The van der Waals surface area contributed by atoms with E-state index in [1.54, 1.807) is 18.1 Å². The van der Waals surface area contributed by atoms with Crippen LogP contribution in [0.1, 0.15) is 30.8 Å². The highest BCUT2D eigenvalue weighted by molar-refractivity contribution is 7.09. The van der Waals surface area contributed by atoms with E-state index in [1.807, 2.05) is 12.3 Å². The first kappa shape index (κ1) is 18.4. The van der Waals surface area contributed by atoms with E-state index in [-0.39, 0.29) is 35.7 Å². The minimum Gasteiger partial charge on any atom is -0.337 e. The molecule has 0 aliphatic carbocycles. The van der Waals surface area contributed by atoms with E-state index in [0.29, 0.717) is 5.69 Å². The summed E-state index contributed by atoms with van der Waals surface area (Å²) in [5.41, 5.74) is 0.392. The minimum atomic E-state index is -0.553. The van der Waals surface area contributed by atoms with Gasteiger partial charge in [0.05, 0.1) is 11.1 Å². The maximum atomic E-state index is 13.1. The monoisotopic (exact) mass is 369 g/mol. The van der Waals surface area contributed by atoms with Gasteiger partial charge < -0.3 is 10.2 Å². The third-order valence-electron chi connectivity index (χ3n) is 3.55. The fourth-order valence-corrected chi connectivity index (χ4v) is 2.94. The molecule has 0 spiro atoms. The van der Waals surface area contributed by atoms with Crippen LogP contribution >= 0.6 is 22.9 Å². The Labute approximate surface area is 148 Å². The summed E-state index contributed by atoms with van der Waals surface area (Å²) in [6.45, 7) is 1.89. The summed E-state index contributed by atoms with van der Waals surface area (Å²) in [4.78, 5) is 29.9. The normalized spacial score (nSPS) is 11.8. The molecule has 2 aromatic rings. The van der Waals surface area contributed by atoms with Crippen LogP contribution in [0.15, 0.2) is 29.8 Å². The second kappa shape index (κ2) is 8.21. The molecule has 0 radical (unpaired) electrons. The van der Waals surface area contributed by atoms with Crippen molar-refractivity contribution in [3.63, 3.8) is 0 Å². The van der Waals surface area contributed by atoms with Crippen molar-refractivity contribution < 1.29 is 14.0 Å². The Hall–Kier alpha value is -1.99. The first-order chi connectivity index (χ1) is 11.4. The fraction of sp³-hybridized carbons (Fsp3) is 0.312. The molecule has 1 N–H and O–H groups in total. The predicted octanol–water partition coefficient (Wildman–Crippen LogP) is 3.87. The van der Waals surface area contributed by atoms with Crippen LogP contribution in [0, 0.1) is 5.82 Å². The maximum absolute atomic E-state index is 13.1. The van der Waals surface area contributed by atoms with E-state index in [4.69, 9.17) is 11.6 Å². The van der Waals surface area contributed by atoms with Crippen molar-refractivity contribution in [2.45, 2.75) is 25.8 Å². The summed E-state index contributed by atoms with van der Waals surface area (Å²) in [7, 11) is 1.69. The third-order valence-corrected chi connectivity index (χ3v) is 4.79. The number of anilines is 1. The Morgan fingerprint density at radius 3 is 2.79 bits per heavy atom. The number of carbonyl (C=O) groups excluding carboxylic acids is 2. The smallest absolute Gasteiger partial charge is 0.224 e. The van der Waals surface area contributed by atoms with Gasteiger partial charge >= 0.3 is 0 Å². The molecular weight excluding hydrogens is 353 g/mol. The molecule has 5 nitrogen and oxygen atoms in total. The number of hydrogen-bond acceptors (Lipinski definition) is 4. The number of nitrogens with one attached hydrogen (secondary N) is 1. The van der Waals surface area contributed by atoms with Crippen molar-refractivity contribution in [2.75, 3.05) is 12.4 Å². The Balaban J connectivity index is 1.84. The predicted molar refractivity (Wildman–Crippen MR) is 92.6 cm³/mol. The van der Waals surface area contributed by atoms with Crippen LogP contribution < -0.4 is 5.32 Å². The average Bonchev–Trinajstić information content (AvgIpc) is 3.09. The molecule has 0 aliphatic heterocycles. The largest absolute Gasteiger partial charge is 0.337 e. The summed E-state index contributed by atoms with van der Waals surface area (Å²) < 4.78 is 13.1. The lowest BCUT2D eigenvalue weighted by Gasteiger charge is -2.23. The molecule has 1 heterocycles. The highest BCUT2D eigenvalue weighted by atomic mass is 35.5. The zero-order valence-electron chi connectivity index (χ0n) is 13.3. The molecular formula is C16H17ClFN3O2S. The van der Waals surface area contributed by atoms with Gasteiger partial charge in [-0.25, -0.2) is 9.37 Å². The quantitative estimate of drug-likeness (QED) is 0.840. The molecule has 1 atom stereocenters. The first-order valence-corrected chi connectivity index (χ1v) is 8.54. The number of thiazole rings is 1. The van der Waals surface area contributed by atoms with Gasteiger partial charge in [0.2, 0.25) is 11.8 Å². The number of halogens is 2. The third kappa shape index (κ3) is 4.75. The Bertz CT molecular complexity index is 724. The maximum Gasteiger partial charge on any atom is 0.224 e. The zero-order valence-corrected chi connectivity index (χ0v) is 14.8. The van der Waals surface area contributed by atoms with Gasteiger partial charge in [0, 0.05) is 37.2 Å². The molecule has 128 valence electrons. The van der Waals surface area contributed by atoms with Crippen molar-refractivity contribution in [3.8, 4) is 0 Å². The Morgan fingerprint density at radius 1 is 1.42 bits per heavy atom. The van der Waals surface area contributed by atoms with Crippen molar-refractivity contribution in [2.24, 2.45) is 0 Å². The molecule has 2 rings (SSSR count). The number of hydrogen-bond donors (Lipinski definition) is 1.